The van der Waals surface area contributed by atoms with E-state index in [2.05, 4.69) is 39.1 Å². The molecular weight excluding hydrogens is 528 g/mol. The lowest BCUT2D eigenvalue weighted by Gasteiger charge is -2.27. The first-order chi connectivity index (χ1) is 19.9. The molecule has 3 atom stereocenters. The molecule has 1 saturated heterocycles. The smallest absolute Gasteiger partial charge is 0.245 e. The number of aryl methyl sites for hydroxylation is 1. The molecule has 3 aliphatic rings. The summed E-state index contributed by atoms with van der Waals surface area (Å²) in [6.45, 7) is 12.6. The number of carbonyl (C=O) groups excluding carboxylic acids is 4. The number of piperidine rings is 1. The molecular formula is C34H48N4O4. The van der Waals surface area contributed by atoms with E-state index in [-0.39, 0.29) is 46.7 Å². The van der Waals surface area contributed by atoms with Crippen molar-refractivity contribution in [2.45, 2.75) is 124 Å². The summed E-state index contributed by atoms with van der Waals surface area (Å²) in [6.07, 6.45) is 7.61. The van der Waals surface area contributed by atoms with Crippen LogP contribution in [0.15, 0.2) is 12.1 Å². The van der Waals surface area contributed by atoms with Crippen molar-refractivity contribution in [2.75, 3.05) is 11.9 Å². The lowest BCUT2D eigenvalue weighted by atomic mass is 9.79. The predicted octanol–water partition coefficient (Wildman–Crippen LogP) is 6.14. The van der Waals surface area contributed by atoms with Crippen LogP contribution in [0.2, 0.25) is 0 Å². The number of amides is 1. The van der Waals surface area contributed by atoms with Gasteiger partial charge in [0, 0.05) is 48.8 Å². The third-order valence-electron chi connectivity index (χ3n) is 10.0. The van der Waals surface area contributed by atoms with Gasteiger partial charge in [-0.1, -0.05) is 47.5 Å². The van der Waals surface area contributed by atoms with Gasteiger partial charge in [-0.2, -0.15) is 5.10 Å². The van der Waals surface area contributed by atoms with E-state index in [1.54, 1.807) is 4.68 Å². The molecule has 8 nitrogen and oxygen atoms in total. The molecule has 3 heterocycles. The van der Waals surface area contributed by atoms with Gasteiger partial charge in [0.25, 0.3) is 0 Å². The summed E-state index contributed by atoms with van der Waals surface area (Å²) in [5, 5.41) is 9.02. The Morgan fingerprint density at radius 2 is 1.83 bits per heavy atom. The first kappa shape index (κ1) is 30.4. The summed E-state index contributed by atoms with van der Waals surface area (Å²) in [7, 11) is 0. The van der Waals surface area contributed by atoms with Crippen LogP contribution in [0.3, 0.4) is 0 Å². The van der Waals surface area contributed by atoms with Crippen LogP contribution < -0.4 is 5.32 Å². The molecule has 0 spiro atoms. The second-order valence-corrected chi connectivity index (χ2v) is 14.2. The van der Waals surface area contributed by atoms with Gasteiger partial charge in [0.15, 0.2) is 11.6 Å². The van der Waals surface area contributed by atoms with Crippen molar-refractivity contribution in [3.63, 3.8) is 0 Å². The fraction of sp³-hybridized carbons (Fsp3) is 0.676. The molecule has 2 bridgehead atoms. The van der Waals surface area contributed by atoms with Crippen LogP contribution in [0, 0.1) is 16.7 Å². The number of Topliss-reactive ketones (excluding diaryl/α,β-unsaturated/α-hetero) is 3. The summed E-state index contributed by atoms with van der Waals surface area (Å²) >= 11 is 0. The van der Waals surface area contributed by atoms with Crippen molar-refractivity contribution >= 4 is 39.8 Å². The van der Waals surface area contributed by atoms with Crippen LogP contribution in [0.25, 0.3) is 10.9 Å². The van der Waals surface area contributed by atoms with Gasteiger partial charge in [-0.3, -0.25) is 23.9 Å². The van der Waals surface area contributed by atoms with E-state index in [1.807, 2.05) is 17.9 Å². The number of carbonyl (C=O) groups is 4. The Balaban J connectivity index is 1.57. The molecule has 228 valence electrons. The third-order valence-corrected chi connectivity index (χ3v) is 10.0. The number of nitrogens with one attached hydrogen (secondary N) is 1. The molecule has 1 aromatic heterocycles. The second kappa shape index (κ2) is 11.6. The summed E-state index contributed by atoms with van der Waals surface area (Å²) in [5.41, 5.74) is 2.70. The molecule has 1 amide bonds. The van der Waals surface area contributed by atoms with Gasteiger partial charge in [-0.25, -0.2) is 0 Å². The Hall–Kier alpha value is -3.03. The fourth-order valence-electron chi connectivity index (χ4n) is 7.37. The Morgan fingerprint density at radius 3 is 2.52 bits per heavy atom. The number of ketones is 3. The normalized spacial score (nSPS) is 26.3. The zero-order chi connectivity index (χ0) is 30.4. The Labute approximate surface area is 250 Å². The molecule has 0 radical (unpaired) electrons. The molecule has 1 aliphatic carbocycles. The predicted molar refractivity (Wildman–Crippen MR) is 165 cm³/mol. The topological polar surface area (TPSA) is 101 Å². The minimum absolute atomic E-state index is 0.0123. The lowest BCUT2D eigenvalue weighted by Crippen LogP contribution is -2.44. The van der Waals surface area contributed by atoms with Crippen LogP contribution in [-0.2, 0) is 27.3 Å². The van der Waals surface area contributed by atoms with Crippen molar-refractivity contribution in [1.29, 1.82) is 0 Å². The molecule has 2 fully saturated rings. The van der Waals surface area contributed by atoms with Crippen molar-refractivity contribution < 1.29 is 19.2 Å². The van der Waals surface area contributed by atoms with E-state index < -0.39 is 6.04 Å². The zero-order valence-corrected chi connectivity index (χ0v) is 26.3. The molecule has 1 aromatic carbocycles. The molecule has 42 heavy (non-hydrogen) atoms. The molecule has 2 aromatic rings. The van der Waals surface area contributed by atoms with Crippen molar-refractivity contribution in [3.05, 3.63) is 23.4 Å². The minimum atomic E-state index is -0.455. The van der Waals surface area contributed by atoms with E-state index in [4.69, 9.17) is 5.10 Å². The summed E-state index contributed by atoms with van der Waals surface area (Å²) in [4.78, 5) is 55.1. The monoisotopic (exact) mass is 576 g/mol. The van der Waals surface area contributed by atoms with Crippen LogP contribution >= 0.6 is 0 Å². The zero-order valence-electron chi connectivity index (χ0n) is 26.3. The molecule has 1 N–H and O–H groups in total. The van der Waals surface area contributed by atoms with E-state index in [0.29, 0.717) is 30.9 Å². The highest BCUT2D eigenvalue weighted by Gasteiger charge is 2.66. The van der Waals surface area contributed by atoms with Crippen molar-refractivity contribution in [2.24, 2.45) is 16.7 Å². The number of hydrogen-bond acceptors (Lipinski definition) is 6. The number of hydrogen-bond donors (Lipinski definition) is 1. The van der Waals surface area contributed by atoms with Crippen LogP contribution in [0.1, 0.15) is 115 Å². The van der Waals surface area contributed by atoms with E-state index in [0.717, 1.165) is 73.6 Å². The number of anilines is 1. The number of rotatable bonds is 6. The van der Waals surface area contributed by atoms with E-state index in [9.17, 15) is 19.2 Å². The molecule has 1 saturated carbocycles. The fourth-order valence-corrected chi connectivity index (χ4v) is 7.37. The van der Waals surface area contributed by atoms with Crippen molar-refractivity contribution in [1.82, 2.24) is 14.7 Å². The van der Waals surface area contributed by atoms with Gasteiger partial charge in [0.1, 0.15) is 18.0 Å². The maximum absolute atomic E-state index is 14.1. The second-order valence-electron chi connectivity index (χ2n) is 14.2. The Kier molecular flexibility index (Phi) is 8.38. The van der Waals surface area contributed by atoms with Gasteiger partial charge >= 0.3 is 0 Å². The third kappa shape index (κ3) is 5.78. The highest BCUT2D eigenvalue weighted by Crippen LogP contribution is 2.62. The van der Waals surface area contributed by atoms with E-state index >= 15 is 0 Å². The summed E-state index contributed by atoms with van der Waals surface area (Å²) < 4.78 is 1.72. The van der Waals surface area contributed by atoms with Crippen LogP contribution in [0.4, 0.5) is 5.69 Å². The van der Waals surface area contributed by atoms with Gasteiger partial charge in [0.05, 0.1) is 11.6 Å². The molecule has 5 rings (SSSR count). The molecule has 8 heteroatoms. The highest BCUT2D eigenvalue weighted by atomic mass is 16.2. The summed E-state index contributed by atoms with van der Waals surface area (Å²) in [6, 6.07) is 3.67. The summed E-state index contributed by atoms with van der Waals surface area (Å²) in [5.74, 6) is 0.562. The van der Waals surface area contributed by atoms with Gasteiger partial charge in [-0.15, -0.1) is 0 Å². The Bertz CT molecular complexity index is 1410. The van der Waals surface area contributed by atoms with Gasteiger partial charge in [0.2, 0.25) is 5.91 Å². The van der Waals surface area contributed by atoms with Crippen molar-refractivity contribution in [3.8, 4) is 0 Å². The van der Waals surface area contributed by atoms with Crippen LogP contribution in [0.5, 0.6) is 0 Å². The quantitative estimate of drug-likeness (QED) is 0.415. The van der Waals surface area contributed by atoms with E-state index in [1.165, 1.54) is 6.92 Å². The lowest BCUT2D eigenvalue weighted by molar-refractivity contribution is -0.139. The average Bonchev–Trinajstić information content (AvgIpc) is 3.35. The van der Waals surface area contributed by atoms with Crippen LogP contribution in [-0.4, -0.2) is 56.6 Å². The first-order valence-electron chi connectivity index (χ1n) is 16.0. The first-order valence-corrected chi connectivity index (χ1v) is 16.0. The minimum Gasteiger partial charge on any atom is -0.385 e. The molecule has 0 unspecified atom stereocenters. The number of aromatic nitrogens is 2. The highest BCUT2D eigenvalue weighted by molar-refractivity contribution is 6.06. The standard InChI is InChI=1S/C34H48N4O4/c1-7-27(40)26-17-34-14-12-29(41)33(5,6)13-10-8-9-11-23-15-24(35-19-21(2)3)16-25-31(22(4)39)36-37(32(23)25)20-30(42)38(26)28(34)18-34/h15-16,21,26,28,35H,7-14,17-20H2,1-6H3/t26-,28+,34-/m0/s1. The molecule has 2 aliphatic heterocycles. The SMILES string of the molecule is CCC(=O)[C@@H]1C[C@]23CCC(=O)C(C)(C)CCCCCc4cc(NCC(C)C)cc5c(C(C)=O)nn(c45)CC(=O)N1[C@@H]2C3. The average molecular weight is 577 g/mol. The number of nitrogens with zero attached hydrogens (tertiary/aromatic N) is 3. The maximum atomic E-state index is 14.1. The maximum Gasteiger partial charge on any atom is 0.245 e. The largest absolute Gasteiger partial charge is 0.385 e. The number of benzene rings is 1. The van der Waals surface area contributed by atoms with Gasteiger partial charge < -0.3 is 10.2 Å². The Morgan fingerprint density at radius 1 is 1.07 bits per heavy atom. The van der Waals surface area contributed by atoms with Gasteiger partial charge in [-0.05, 0) is 67.6 Å².